The van der Waals surface area contributed by atoms with E-state index in [1.807, 2.05) is 43.3 Å². The average Bonchev–Trinajstić information content (AvgIpc) is 2.42. The number of halogens is 1. The molecule has 0 amide bonds. The van der Waals surface area contributed by atoms with Crippen LogP contribution in [0.2, 0.25) is 0 Å². The Labute approximate surface area is 110 Å². The van der Waals surface area contributed by atoms with Gasteiger partial charge in [0.1, 0.15) is 11.3 Å². The maximum atomic E-state index is 13.7. The van der Waals surface area contributed by atoms with Gasteiger partial charge in [-0.2, -0.15) is 0 Å². The molecule has 2 nitrogen and oxygen atoms in total. The van der Waals surface area contributed by atoms with Gasteiger partial charge < -0.3 is 5.73 Å². The van der Waals surface area contributed by atoms with Crippen LogP contribution >= 0.6 is 0 Å². The van der Waals surface area contributed by atoms with Crippen molar-refractivity contribution in [1.82, 2.24) is 4.98 Å². The van der Waals surface area contributed by atoms with Gasteiger partial charge in [-0.05, 0) is 36.8 Å². The van der Waals surface area contributed by atoms with Gasteiger partial charge in [-0.3, -0.25) is 0 Å². The minimum absolute atomic E-state index is 0.300. The van der Waals surface area contributed by atoms with E-state index in [-0.39, 0.29) is 5.82 Å². The lowest BCUT2D eigenvalue weighted by molar-refractivity contribution is 0.637. The highest BCUT2D eigenvalue weighted by Gasteiger charge is 2.06. The molecule has 0 aliphatic rings. The van der Waals surface area contributed by atoms with Gasteiger partial charge >= 0.3 is 0 Å². The van der Waals surface area contributed by atoms with Crippen LogP contribution in [0.5, 0.6) is 0 Å². The van der Waals surface area contributed by atoms with Crippen molar-refractivity contribution in [2.24, 2.45) is 0 Å². The summed E-state index contributed by atoms with van der Waals surface area (Å²) in [5, 5.41) is 0.802. The standard InChI is InChI=1S/C16H13FN2/c1-10-9-12(5-7-14(10)18)15-8-6-11-3-2-4-13(17)16(11)19-15/h2-9H,18H2,1H3. The molecule has 3 aromatic rings. The Morgan fingerprint density at radius 1 is 1.05 bits per heavy atom. The van der Waals surface area contributed by atoms with Gasteiger partial charge in [0.25, 0.3) is 0 Å². The maximum absolute atomic E-state index is 13.7. The summed E-state index contributed by atoms with van der Waals surface area (Å²) in [6.45, 7) is 1.94. The number of fused-ring (bicyclic) bond motifs is 1. The monoisotopic (exact) mass is 252 g/mol. The molecule has 0 saturated carbocycles. The van der Waals surface area contributed by atoms with Crippen molar-refractivity contribution < 1.29 is 4.39 Å². The summed E-state index contributed by atoms with van der Waals surface area (Å²) < 4.78 is 13.7. The molecule has 0 bridgehead atoms. The summed E-state index contributed by atoms with van der Waals surface area (Å²) >= 11 is 0. The predicted molar refractivity (Wildman–Crippen MR) is 76.3 cm³/mol. The summed E-state index contributed by atoms with van der Waals surface area (Å²) in [7, 11) is 0. The Morgan fingerprint density at radius 2 is 1.89 bits per heavy atom. The third kappa shape index (κ3) is 2.03. The number of rotatable bonds is 1. The van der Waals surface area contributed by atoms with Crippen molar-refractivity contribution in [3.05, 3.63) is 59.9 Å². The number of para-hydroxylation sites is 1. The molecule has 3 rings (SSSR count). The van der Waals surface area contributed by atoms with Crippen LogP contribution in [-0.2, 0) is 0 Å². The van der Waals surface area contributed by atoms with Gasteiger partial charge in [0.15, 0.2) is 0 Å². The molecular weight excluding hydrogens is 239 g/mol. The summed E-state index contributed by atoms with van der Waals surface area (Å²) in [6, 6.07) is 14.4. The van der Waals surface area contributed by atoms with Crippen LogP contribution in [0, 0.1) is 12.7 Å². The molecule has 1 aromatic heterocycles. The first-order valence-electron chi connectivity index (χ1n) is 6.07. The summed E-state index contributed by atoms with van der Waals surface area (Å²) in [5.74, 6) is -0.300. The van der Waals surface area contributed by atoms with Crippen molar-refractivity contribution in [2.75, 3.05) is 5.73 Å². The van der Waals surface area contributed by atoms with Crippen LogP contribution in [0.3, 0.4) is 0 Å². The normalized spacial score (nSPS) is 10.8. The van der Waals surface area contributed by atoms with E-state index < -0.39 is 0 Å². The number of benzene rings is 2. The van der Waals surface area contributed by atoms with Gasteiger partial charge in [0, 0.05) is 16.6 Å². The first kappa shape index (κ1) is 11.7. The fourth-order valence-electron chi connectivity index (χ4n) is 2.11. The third-order valence-electron chi connectivity index (χ3n) is 3.24. The number of aryl methyl sites for hydroxylation is 1. The first-order valence-corrected chi connectivity index (χ1v) is 6.07. The lowest BCUT2D eigenvalue weighted by atomic mass is 10.1. The summed E-state index contributed by atoms with van der Waals surface area (Å²) in [6.07, 6.45) is 0. The molecule has 1 heterocycles. The van der Waals surface area contributed by atoms with Gasteiger partial charge in [0.2, 0.25) is 0 Å². The predicted octanol–water partition coefficient (Wildman–Crippen LogP) is 3.93. The van der Waals surface area contributed by atoms with E-state index in [2.05, 4.69) is 4.98 Å². The second-order valence-corrected chi connectivity index (χ2v) is 4.58. The minimum atomic E-state index is -0.300. The molecule has 0 spiro atoms. The van der Waals surface area contributed by atoms with Crippen molar-refractivity contribution in [3.63, 3.8) is 0 Å². The molecule has 2 N–H and O–H groups in total. The molecule has 0 atom stereocenters. The second kappa shape index (κ2) is 4.35. The molecule has 0 radical (unpaired) electrons. The third-order valence-corrected chi connectivity index (χ3v) is 3.24. The fourth-order valence-corrected chi connectivity index (χ4v) is 2.11. The van der Waals surface area contributed by atoms with Crippen LogP contribution in [0.15, 0.2) is 48.5 Å². The fraction of sp³-hybridized carbons (Fsp3) is 0.0625. The molecule has 0 fully saturated rings. The lowest BCUT2D eigenvalue weighted by Gasteiger charge is -2.06. The topological polar surface area (TPSA) is 38.9 Å². The van der Waals surface area contributed by atoms with Gasteiger partial charge in [0.05, 0.1) is 5.69 Å². The van der Waals surface area contributed by atoms with E-state index in [1.54, 1.807) is 6.07 Å². The summed E-state index contributed by atoms with van der Waals surface area (Å²) in [4.78, 5) is 4.40. The number of nitrogens with two attached hydrogens (primary N) is 1. The number of nitrogen functional groups attached to an aromatic ring is 1. The molecule has 0 aliphatic carbocycles. The zero-order valence-corrected chi connectivity index (χ0v) is 10.5. The van der Waals surface area contributed by atoms with Crippen LogP contribution in [-0.4, -0.2) is 4.98 Å². The number of aromatic nitrogens is 1. The van der Waals surface area contributed by atoms with E-state index in [0.717, 1.165) is 27.9 Å². The highest BCUT2D eigenvalue weighted by Crippen LogP contribution is 2.25. The van der Waals surface area contributed by atoms with Crippen molar-refractivity contribution in [3.8, 4) is 11.3 Å². The Balaban J connectivity index is 2.20. The van der Waals surface area contributed by atoms with Crippen LogP contribution in [0.1, 0.15) is 5.56 Å². The van der Waals surface area contributed by atoms with Gasteiger partial charge in [-0.25, -0.2) is 9.37 Å². The number of hydrogen-bond acceptors (Lipinski definition) is 2. The number of anilines is 1. The van der Waals surface area contributed by atoms with Crippen LogP contribution < -0.4 is 5.73 Å². The largest absolute Gasteiger partial charge is 0.399 e. The Morgan fingerprint density at radius 3 is 2.68 bits per heavy atom. The van der Waals surface area contributed by atoms with Crippen molar-refractivity contribution >= 4 is 16.6 Å². The summed E-state index contributed by atoms with van der Waals surface area (Å²) in [5.41, 5.74) is 9.63. The molecule has 0 unspecified atom stereocenters. The zero-order valence-electron chi connectivity index (χ0n) is 10.5. The van der Waals surface area contributed by atoms with Crippen LogP contribution in [0.25, 0.3) is 22.2 Å². The van der Waals surface area contributed by atoms with E-state index in [0.29, 0.717) is 5.52 Å². The van der Waals surface area contributed by atoms with Crippen molar-refractivity contribution in [1.29, 1.82) is 0 Å². The second-order valence-electron chi connectivity index (χ2n) is 4.58. The molecule has 3 heteroatoms. The van der Waals surface area contributed by atoms with E-state index in [9.17, 15) is 4.39 Å². The van der Waals surface area contributed by atoms with E-state index in [1.165, 1.54) is 6.07 Å². The Kier molecular flexibility index (Phi) is 2.67. The Hall–Kier alpha value is -2.42. The van der Waals surface area contributed by atoms with Gasteiger partial charge in [-0.1, -0.05) is 24.3 Å². The lowest BCUT2D eigenvalue weighted by Crippen LogP contribution is -1.92. The molecule has 0 aliphatic heterocycles. The molecule has 94 valence electrons. The zero-order chi connectivity index (χ0) is 13.4. The molecular formula is C16H13FN2. The Bertz CT molecular complexity index is 766. The molecule has 19 heavy (non-hydrogen) atoms. The smallest absolute Gasteiger partial charge is 0.149 e. The highest BCUT2D eigenvalue weighted by atomic mass is 19.1. The van der Waals surface area contributed by atoms with E-state index in [4.69, 9.17) is 5.73 Å². The average molecular weight is 252 g/mol. The van der Waals surface area contributed by atoms with E-state index >= 15 is 0 Å². The number of nitrogens with zero attached hydrogens (tertiary/aromatic N) is 1. The quantitative estimate of drug-likeness (QED) is 0.666. The van der Waals surface area contributed by atoms with Gasteiger partial charge in [-0.15, -0.1) is 0 Å². The maximum Gasteiger partial charge on any atom is 0.149 e. The number of hydrogen-bond donors (Lipinski definition) is 1. The minimum Gasteiger partial charge on any atom is -0.399 e. The van der Waals surface area contributed by atoms with Crippen molar-refractivity contribution in [2.45, 2.75) is 6.92 Å². The molecule has 2 aromatic carbocycles. The SMILES string of the molecule is Cc1cc(-c2ccc3cccc(F)c3n2)ccc1N. The highest BCUT2D eigenvalue weighted by molar-refractivity contribution is 5.82. The molecule has 0 saturated heterocycles. The van der Waals surface area contributed by atoms with Crippen LogP contribution in [0.4, 0.5) is 10.1 Å². The first-order chi connectivity index (χ1) is 9.15. The number of pyridine rings is 1.